The second-order valence-electron chi connectivity index (χ2n) is 4.64. The molecule has 0 spiro atoms. The lowest BCUT2D eigenvalue weighted by molar-refractivity contribution is 0.415. The molecule has 0 aromatic heterocycles. The molecule has 112 valence electrons. The van der Waals surface area contributed by atoms with Crippen molar-refractivity contribution in [1.29, 1.82) is 0 Å². The number of methoxy groups -OCH3 is 1. The Hall–Kier alpha value is -2.05. The maximum Gasteiger partial charge on any atom is 0.262 e. The molecule has 0 heterocycles. The van der Waals surface area contributed by atoms with Crippen LogP contribution in [0.5, 0.6) is 5.75 Å². The first kappa shape index (κ1) is 15.3. The average molecular weight is 306 g/mol. The molecule has 2 aromatic rings. The van der Waals surface area contributed by atoms with Crippen molar-refractivity contribution in [2.45, 2.75) is 18.4 Å². The molecule has 21 heavy (non-hydrogen) atoms. The Morgan fingerprint density at radius 2 is 1.95 bits per heavy atom. The lowest BCUT2D eigenvalue weighted by atomic mass is 10.1. The minimum Gasteiger partial charge on any atom is -0.497 e. The first-order valence-electron chi connectivity index (χ1n) is 6.43. The summed E-state index contributed by atoms with van der Waals surface area (Å²) in [6.07, 6.45) is 0. The van der Waals surface area contributed by atoms with Crippen LogP contribution in [-0.2, 0) is 16.6 Å². The van der Waals surface area contributed by atoms with Gasteiger partial charge < -0.3 is 10.5 Å². The molecule has 2 aromatic carbocycles. The first-order chi connectivity index (χ1) is 9.96. The van der Waals surface area contributed by atoms with Crippen molar-refractivity contribution in [3.63, 3.8) is 0 Å². The van der Waals surface area contributed by atoms with Crippen molar-refractivity contribution in [2.24, 2.45) is 5.73 Å². The number of rotatable bonds is 5. The Kier molecular flexibility index (Phi) is 4.50. The molecular formula is C15H18N2O3S. The summed E-state index contributed by atoms with van der Waals surface area (Å²) >= 11 is 0. The van der Waals surface area contributed by atoms with Crippen molar-refractivity contribution in [3.8, 4) is 5.75 Å². The molecule has 0 aliphatic heterocycles. The van der Waals surface area contributed by atoms with Gasteiger partial charge in [-0.2, -0.15) is 0 Å². The number of nitrogens with one attached hydrogen (secondary N) is 1. The van der Waals surface area contributed by atoms with E-state index in [0.717, 1.165) is 5.56 Å². The monoisotopic (exact) mass is 306 g/mol. The molecule has 6 heteroatoms. The van der Waals surface area contributed by atoms with E-state index in [0.29, 0.717) is 23.5 Å². The minimum absolute atomic E-state index is 0.238. The Labute approximate surface area is 124 Å². The van der Waals surface area contributed by atoms with Gasteiger partial charge in [-0.3, -0.25) is 4.72 Å². The van der Waals surface area contributed by atoms with Gasteiger partial charge >= 0.3 is 0 Å². The van der Waals surface area contributed by atoms with Gasteiger partial charge in [-0.05, 0) is 36.2 Å². The van der Waals surface area contributed by atoms with E-state index in [1.165, 1.54) is 7.11 Å². The lowest BCUT2D eigenvalue weighted by Crippen LogP contribution is -2.14. The Bertz CT molecular complexity index is 742. The van der Waals surface area contributed by atoms with Gasteiger partial charge in [0, 0.05) is 12.6 Å². The van der Waals surface area contributed by atoms with E-state index < -0.39 is 10.0 Å². The molecule has 0 unspecified atom stereocenters. The van der Waals surface area contributed by atoms with Crippen LogP contribution in [-0.4, -0.2) is 15.5 Å². The van der Waals surface area contributed by atoms with Crippen LogP contribution in [0.4, 0.5) is 5.69 Å². The number of aryl methyl sites for hydroxylation is 1. The number of nitrogens with two attached hydrogens (primary N) is 1. The molecule has 0 aliphatic carbocycles. The van der Waals surface area contributed by atoms with Crippen LogP contribution >= 0.6 is 0 Å². The van der Waals surface area contributed by atoms with Crippen LogP contribution in [0.3, 0.4) is 0 Å². The van der Waals surface area contributed by atoms with Gasteiger partial charge in [0.05, 0.1) is 17.7 Å². The molecule has 5 nitrogen and oxygen atoms in total. The summed E-state index contributed by atoms with van der Waals surface area (Å²) in [4.78, 5) is 0.238. The number of sulfonamides is 1. The van der Waals surface area contributed by atoms with Crippen LogP contribution in [0.25, 0.3) is 0 Å². The van der Waals surface area contributed by atoms with Crippen molar-refractivity contribution in [1.82, 2.24) is 0 Å². The van der Waals surface area contributed by atoms with E-state index in [9.17, 15) is 8.42 Å². The predicted molar refractivity (Wildman–Crippen MR) is 82.9 cm³/mol. The van der Waals surface area contributed by atoms with Gasteiger partial charge in [0.2, 0.25) is 0 Å². The highest BCUT2D eigenvalue weighted by Crippen LogP contribution is 2.23. The van der Waals surface area contributed by atoms with E-state index in [1.807, 2.05) is 0 Å². The van der Waals surface area contributed by atoms with Crippen molar-refractivity contribution >= 4 is 15.7 Å². The summed E-state index contributed by atoms with van der Waals surface area (Å²) in [5.41, 5.74) is 7.57. The Morgan fingerprint density at radius 1 is 1.19 bits per heavy atom. The predicted octanol–water partition coefficient (Wildman–Crippen LogP) is 2.26. The Balaban J connectivity index is 2.33. The standard InChI is InChI=1S/C15H18N2O3S/c1-11-8-12(10-16)6-7-15(11)21(18,19)17-13-4-3-5-14(9-13)20-2/h3-9,17H,10,16H2,1-2H3. The number of ether oxygens (including phenoxy) is 1. The molecule has 0 fully saturated rings. The molecule has 0 saturated heterocycles. The third kappa shape index (κ3) is 3.53. The molecule has 2 rings (SSSR count). The third-order valence-electron chi connectivity index (χ3n) is 3.09. The van der Waals surface area contributed by atoms with Crippen LogP contribution in [0.2, 0.25) is 0 Å². The molecule has 0 atom stereocenters. The fraction of sp³-hybridized carbons (Fsp3) is 0.200. The second kappa shape index (κ2) is 6.15. The van der Waals surface area contributed by atoms with Crippen molar-refractivity contribution < 1.29 is 13.2 Å². The fourth-order valence-electron chi connectivity index (χ4n) is 2.04. The summed E-state index contributed by atoms with van der Waals surface area (Å²) in [7, 11) is -2.11. The third-order valence-corrected chi connectivity index (χ3v) is 4.63. The smallest absolute Gasteiger partial charge is 0.262 e. The minimum atomic E-state index is -3.64. The quantitative estimate of drug-likeness (QED) is 0.888. The van der Waals surface area contributed by atoms with E-state index in [-0.39, 0.29) is 4.90 Å². The lowest BCUT2D eigenvalue weighted by Gasteiger charge is -2.12. The zero-order chi connectivity index (χ0) is 15.5. The zero-order valence-corrected chi connectivity index (χ0v) is 12.8. The molecule has 0 aliphatic rings. The number of benzene rings is 2. The molecule has 0 amide bonds. The molecule has 3 N–H and O–H groups in total. The molecule has 0 radical (unpaired) electrons. The van der Waals surface area contributed by atoms with Gasteiger partial charge in [0.25, 0.3) is 10.0 Å². The fourth-order valence-corrected chi connectivity index (χ4v) is 3.31. The van der Waals surface area contributed by atoms with Gasteiger partial charge in [-0.1, -0.05) is 18.2 Å². The van der Waals surface area contributed by atoms with Crippen LogP contribution in [0.1, 0.15) is 11.1 Å². The van der Waals surface area contributed by atoms with Crippen LogP contribution < -0.4 is 15.2 Å². The highest BCUT2D eigenvalue weighted by molar-refractivity contribution is 7.92. The normalized spacial score (nSPS) is 11.2. The van der Waals surface area contributed by atoms with Crippen molar-refractivity contribution in [3.05, 3.63) is 53.6 Å². The number of anilines is 1. The van der Waals surface area contributed by atoms with E-state index in [4.69, 9.17) is 10.5 Å². The topological polar surface area (TPSA) is 81.4 Å². The first-order valence-corrected chi connectivity index (χ1v) is 7.91. The summed E-state index contributed by atoms with van der Waals surface area (Å²) < 4.78 is 32.5. The van der Waals surface area contributed by atoms with Gasteiger partial charge in [0.1, 0.15) is 5.75 Å². The van der Waals surface area contributed by atoms with Crippen LogP contribution in [0, 0.1) is 6.92 Å². The maximum atomic E-state index is 12.4. The molecule has 0 bridgehead atoms. The largest absolute Gasteiger partial charge is 0.497 e. The molecular weight excluding hydrogens is 288 g/mol. The van der Waals surface area contributed by atoms with Gasteiger partial charge in [-0.15, -0.1) is 0 Å². The average Bonchev–Trinajstić information content (AvgIpc) is 2.46. The maximum absolute atomic E-state index is 12.4. The summed E-state index contributed by atoms with van der Waals surface area (Å²) in [6.45, 7) is 2.13. The number of hydrogen-bond acceptors (Lipinski definition) is 4. The summed E-state index contributed by atoms with van der Waals surface area (Å²) in [5, 5.41) is 0. The SMILES string of the molecule is COc1cccc(NS(=O)(=O)c2ccc(CN)cc2C)c1. The van der Waals surface area contributed by atoms with Crippen molar-refractivity contribution in [2.75, 3.05) is 11.8 Å². The van der Waals surface area contributed by atoms with Gasteiger partial charge in [-0.25, -0.2) is 8.42 Å². The Morgan fingerprint density at radius 3 is 2.57 bits per heavy atom. The van der Waals surface area contributed by atoms with Crippen LogP contribution in [0.15, 0.2) is 47.4 Å². The summed E-state index contributed by atoms with van der Waals surface area (Å²) in [5.74, 6) is 0.588. The molecule has 0 saturated carbocycles. The summed E-state index contributed by atoms with van der Waals surface area (Å²) in [6, 6.07) is 11.8. The highest BCUT2D eigenvalue weighted by Gasteiger charge is 2.17. The zero-order valence-electron chi connectivity index (χ0n) is 12.0. The van der Waals surface area contributed by atoms with E-state index >= 15 is 0 Å². The highest BCUT2D eigenvalue weighted by atomic mass is 32.2. The van der Waals surface area contributed by atoms with E-state index in [1.54, 1.807) is 49.4 Å². The second-order valence-corrected chi connectivity index (χ2v) is 6.29. The number of hydrogen-bond donors (Lipinski definition) is 2. The van der Waals surface area contributed by atoms with E-state index in [2.05, 4.69) is 4.72 Å². The van der Waals surface area contributed by atoms with Gasteiger partial charge in [0.15, 0.2) is 0 Å².